The number of carbonyl (C=O) groups excluding carboxylic acids is 2. The normalized spacial score (nSPS) is 40.7. The molecule has 1 amide bonds. The van der Waals surface area contributed by atoms with Gasteiger partial charge in [0.25, 0.3) is 0 Å². The fourth-order valence-corrected chi connectivity index (χ4v) is 10.9. The van der Waals surface area contributed by atoms with Crippen LogP contribution in [0, 0.1) is 39.9 Å². The quantitative estimate of drug-likeness (QED) is 0.167. The Morgan fingerprint density at radius 1 is 1.02 bits per heavy atom. The van der Waals surface area contributed by atoms with E-state index in [0.29, 0.717) is 37.2 Å². The number of allylic oxidation sites excluding steroid dienone is 2. The molecule has 6 nitrogen and oxygen atoms in total. The van der Waals surface area contributed by atoms with Crippen LogP contribution in [0.15, 0.2) is 53.1 Å². The summed E-state index contributed by atoms with van der Waals surface area (Å²) in [6.07, 6.45) is 6.93. The van der Waals surface area contributed by atoms with Gasteiger partial charge in [-0.05, 0) is 123 Å². The molecule has 3 N–H and O–H groups in total. The van der Waals surface area contributed by atoms with E-state index >= 15 is 0 Å². The largest absolute Gasteiger partial charge is 0.458 e. The second-order valence-corrected chi connectivity index (χ2v) is 15.9. The second-order valence-electron chi connectivity index (χ2n) is 15.9. The summed E-state index contributed by atoms with van der Waals surface area (Å²) < 4.78 is 6.15. The molecule has 4 aliphatic rings. The Balaban J connectivity index is 1.60. The van der Waals surface area contributed by atoms with Crippen LogP contribution in [-0.2, 0) is 14.3 Å². The molecule has 45 heavy (non-hydrogen) atoms. The maximum Gasteiger partial charge on any atom is 0.303 e. The maximum atomic E-state index is 14.3. The van der Waals surface area contributed by atoms with Crippen LogP contribution in [0.25, 0.3) is 0 Å². The molecule has 0 bridgehead atoms. The van der Waals surface area contributed by atoms with E-state index in [9.17, 15) is 19.8 Å². The van der Waals surface area contributed by atoms with Crippen molar-refractivity contribution in [2.75, 3.05) is 0 Å². The van der Waals surface area contributed by atoms with Crippen LogP contribution in [0.3, 0.4) is 0 Å². The number of aliphatic hydroxyl groups is 2. The highest BCUT2D eigenvalue weighted by atomic mass is 16.5. The van der Waals surface area contributed by atoms with E-state index in [0.717, 1.165) is 36.8 Å². The van der Waals surface area contributed by atoms with Crippen molar-refractivity contribution in [1.82, 2.24) is 5.32 Å². The molecule has 5 rings (SSSR count). The van der Waals surface area contributed by atoms with Gasteiger partial charge in [-0.1, -0.05) is 69.7 Å². The molecule has 1 aromatic carbocycles. The van der Waals surface area contributed by atoms with Crippen molar-refractivity contribution in [3.05, 3.63) is 58.7 Å². The Kier molecular flexibility index (Phi) is 9.52. The van der Waals surface area contributed by atoms with Gasteiger partial charge in [-0.15, -0.1) is 0 Å². The zero-order valence-electron chi connectivity index (χ0n) is 28.9. The first-order chi connectivity index (χ1) is 21.1. The Morgan fingerprint density at radius 2 is 1.71 bits per heavy atom. The van der Waals surface area contributed by atoms with Crippen LogP contribution in [0.1, 0.15) is 118 Å². The van der Waals surface area contributed by atoms with E-state index in [4.69, 9.17) is 4.74 Å². The SMILES string of the molecule is CC(=O)O[C@H]1C[C@@]2(C)[C@@H](C[C@@H](O)[C@H]3[C@@]4(C)CC[C@@H](O)[C@@H](C)[C@@H]4CC[C@@]32C)/C1=C(\CCC=C(C)C)C(=O)N[C@H](C)c1ccccc1. The predicted molar refractivity (Wildman–Crippen MR) is 178 cm³/mol. The zero-order chi connectivity index (χ0) is 32.9. The highest BCUT2D eigenvalue weighted by Crippen LogP contribution is 2.74. The minimum atomic E-state index is -0.542. The van der Waals surface area contributed by atoms with E-state index in [-0.39, 0.29) is 58.0 Å². The van der Waals surface area contributed by atoms with Crippen LogP contribution in [0.4, 0.5) is 0 Å². The third kappa shape index (κ3) is 5.84. The van der Waals surface area contributed by atoms with Crippen molar-refractivity contribution in [3.63, 3.8) is 0 Å². The van der Waals surface area contributed by atoms with E-state index in [1.165, 1.54) is 12.5 Å². The lowest BCUT2D eigenvalue weighted by Crippen LogP contribution is -2.65. The molecule has 0 heterocycles. The monoisotopic (exact) mass is 619 g/mol. The first-order valence-electron chi connectivity index (χ1n) is 17.4. The summed E-state index contributed by atoms with van der Waals surface area (Å²) in [6, 6.07) is 9.80. The highest BCUT2D eigenvalue weighted by molar-refractivity contribution is 5.95. The Bertz CT molecular complexity index is 1330. The lowest BCUT2D eigenvalue weighted by Gasteiger charge is -2.69. The molecule has 0 aromatic heterocycles. The standard InChI is InChI=1S/C39H57NO5/c1-23(2)13-12-16-28(36(44)40-25(4)27-14-10-9-11-15-27)34-30-21-32(43)35-37(6)19-18-31(42)24(3)29(37)17-20-38(35,7)39(30,8)22-33(34)45-26(5)41/h9-11,13-15,24-25,29-33,35,42-43H,12,16-22H2,1-8H3,(H,40,44)/b34-28-/t24-,25+,29-,30-,31+,32+,33-,35-,37-,38-,39-/m0/s1. The molecule has 0 saturated heterocycles. The van der Waals surface area contributed by atoms with Gasteiger partial charge >= 0.3 is 5.97 Å². The number of amides is 1. The van der Waals surface area contributed by atoms with Crippen molar-refractivity contribution in [3.8, 4) is 0 Å². The van der Waals surface area contributed by atoms with Gasteiger partial charge in [0.2, 0.25) is 5.91 Å². The van der Waals surface area contributed by atoms with Crippen LogP contribution < -0.4 is 5.32 Å². The number of ether oxygens (including phenoxy) is 1. The van der Waals surface area contributed by atoms with Gasteiger partial charge in [0.05, 0.1) is 18.2 Å². The van der Waals surface area contributed by atoms with E-state index in [1.807, 2.05) is 37.3 Å². The molecule has 248 valence electrons. The van der Waals surface area contributed by atoms with Crippen LogP contribution in [0.5, 0.6) is 0 Å². The molecule has 0 unspecified atom stereocenters. The average Bonchev–Trinajstić information content (AvgIpc) is 3.24. The molecule has 0 spiro atoms. The van der Waals surface area contributed by atoms with E-state index in [2.05, 4.69) is 52.9 Å². The molecule has 11 atom stereocenters. The van der Waals surface area contributed by atoms with Gasteiger partial charge in [0.15, 0.2) is 0 Å². The smallest absolute Gasteiger partial charge is 0.303 e. The Morgan fingerprint density at radius 3 is 2.36 bits per heavy atom. The van der Waals surface area contributed by atoms with Gasteiger partial charge in [-0.3, -0.25) is 9.59 Å². The number of benzene rings is 1. The zero-order valence-corrected chi connectivity index (χ0v) is 28.9. The van der Waals surface area contributed by atoms with Gasteiger partial charge in [0.1, 0.15) is 6.10 Å². The number of aliphatic hydroxyl groups excluding tert-OH is 2. The number of fused-ring (bicyclic) bond motifs is 5. The lowest BCUT2D eigenvalue weighted by atomic mass is 9.36. The summed E-state index contributed by atoms with van der Waals surface area (Å²) in [4.78, 5) is 27.0. The molecule has 1 aromatic rings. The average molecular weight is 620 g/mol. The van der Waals surface area contributed by atoms with Crippen LogP contribution >= 0.6 is 0 Å². The predicted octanol–water partition coefficient (Wildman–Crippen LogP) is 7.46. The molecular formula is C39H57NO5. The van der Waals surface area contributed by atoms with Crippen LogP contribution in [0.2, 0.25) is 0 Å². The molecule has 4 fully saturated rings. The summed E-state index contributed by atoms with van der Waals surface area (Å²) in [5.41, 5.74) is 3.29. The van der Waals surface area contributed by atoms with Crippen molar-refractivity contribution >= 4 is 11.9 Å². The Labute approximate surface area is 271 Å². The molecule has 0 aliphatic heterocycles. The topological polar surface area (TPSA) is 95.9 Å². The van der Waals surface area contributed by atoms with Gasteiger partial charge in [-0.2, -0.15) is 0 Å². The number of hydrogen-bond acceptors (Lipinski definition) is 5. The second kappa shape index (κ2) is 12.6. The van der Waals surface area contributed by atoms with Crippen molar-refractivity contribution in [1.29, 1.82) is 0 Å². The van der Waals surface area contributed by atoms with Gasteiger partial charge in [0, 0.05) is 12.5 Å². The highest BCUT2D eigenvalue weighted by Gasteiger charge is 2.70. The number of carbonyl (C=O) groups is 2. The summed E-state index contributed by atoms with van der Waals surface area (Å²) in [6.45, 7) is 16.9. The molecule has 4 saturated carbocycles. The first-order valence-corrected chi connectivity index (χ1v) is 17.4. The molecular weight excluding hydrogens is 562 g/mol. The Hall–Kier alpha value is -2.44. The molecule has 0 radical (unpaired) electrons. The van der Waals surface area contributed by atoms with Crippen molar-refractivity contribution in [2.24, 2.45) is 39.9 Å². The molecule has 4 aliphatic carbocycles. The summed E-state index contributed by atoms with van der Waals surface area (Å²) >= 11 is 0. The number of hydrogen-bond donors (Lipinski definition) is 3. The van der Waals surface area contributed by atoms with Crippen molar-refractivity contribution in [2.45, 2.75) is 131 Å². The third-order valence-corrected chi connectivity index (χ3v) is 13.2. The molecule has 6 heteroatoms. The van der Waals surface area contributed by atoms with Crippen molar-refractivity contribution < 1.29 is 24.5 Å². The maximum absolute atomic E-state index is 14.3. The number of rotatable bonds is 7. The van der Waals surface area contributed by atoms with E-state index in [1.54, 1.807) is 0 Å². The van der Waals surface area contributed by atoms with Crippen LogP contribution in [-0.4, -0.2) is 40.4 Å². The van der Waals surface area contributed by atoms with Gasteiger partial charge < -0.3 is 20.3 Å². The first kappa shape index (κ1) is 33.9. The number of esters is 1. The minimum Gasteiger partial charge on any atom is -0.458 e. The number of nitrogens with one attached hydrogen (secondary N) is 1. The summed E-state index contributed by atoms with van der Waals surface area (Å²) in [5.74, 6) is 0.102. The van der Waals surface area contributed by atoms with Gasteiger partial charge in [-0.25, -0.2) is 0 Å². The fraction of sp³-hybridized carbons (Fsp3) is 0.692. The lowest BCUT2D eigenvalue weighted by molar-refractivity contribution is -0.234. The fourth-order valence-electron chi connectivity index (χ4n) is 10.9. The minimum absolute atomic E-state index is 0.0679. The third-order valence-electron chi connectivity index (χ3n) is 13.2. The van der Waals surface area contributed by atoms with E-state index < -0.39 is 12.2 Å². The summed E-state index contributed by atoms with van der Waals surface area (Å²) in [7, 11) is 0. The summed E-state index contributed by atoms with van der Waals surface area (Å²) in [5, 5.41) is 26.3.